The highest BCUT2D eigenvalue weighted by Gasteiger charge is 2.33. The predicted octanol–water partition coefficient (Wildman–Crippen LogP) is 3.22. The van der Waals surface area contributed by atoms with Gasteiger partial charge in [0.25, 0.3) is 0 Å². The summed E-state index contributed by atoms with van der Waals surface area (Å²) >= 11 is 1.52. The molecule has 0 saturated heterocycles. The van der Waals surface area contributed by atoms with E-state index in [0.29, 0.717) is 12.3 Å². The zero-order valence-electron chi connectivity index (χ0n) is 12.0. The Morgan fingerprint density at radius 3 is 2.95 bits per heavy atom. The summed E-state index contributed by atoms with van der Waals surface area (Å²) in [5, 5.41) is 12.1. The molecule has 1 atom stereocenters. The van der Waals surface area contributed by atoms with E-state index in [1.807, 2.05) is 23.6 Å². The molecule has 1 aliphatic heterocycles. The third-order valence-electron chi connectivity index (χ3n) is 3.93. The van der Waals surface area contributed by atoms with Crippen LogP contribution in [0.15, 0.2) is 29.6 Å². The van der Waals surface area contributed by atoms with E-state index >= 15 is 0 Å². The van der Waals surface area contributed by atoms with E-state index < -0.39 is 11.4 Å². The summed E-state index contributed by atoms with van der Waals surface area (Å²) in [7, 11) is 0. The van der Waals surface area contributed by atoms with Gasteiger partial charge < -0.3 is 9.84 Å². The number of rotatable bonds is 3. The molecular formula is C16H17NO3S. The number of hydrogen-bond donors (Lipinski definition) is 1. The van der Waals surface area contributed by atoms with Crippen molar-refractivity contribution in [2.75, 3.05) is 6.61 Å². The molecule has 110 valence electrons. The van der Waals surface area contributed by atoms with Crippen LogP contribution in [-0.2, 0) is 16.6 Å². The average Bonchev–Trinajstić information content (AvgIpc) is 2.97. The van der Waals surface area contributed by atoms with Gasteiger partial charge in [-0.05, 0) is 31.9 Å². The van der Waals surface area contributed by atoms with Crippen LogP contribution in [0.25, 0.3) is 0 Å². The van der Waals surface area contributed by atoms with Crippen molar-refractivity contribution in [1.82, 2.24) is 4.98 Å². The highest BCUT2D eigenvalue weighted by molar-refractivity contribution is 7.09. The summed E-state index contributed by atoms with van der Waals surface area (Å²) in [6.07, 6.45) is 0.886. The van der Waals surface area contributed by atoms with E-state index in [0.717, 1.165) is 17.2 Å². The normalized spacial score (nSPS) is 17.9. The lowest BCUT2D eigenvalue weighted by molar-refractivity contribution is -0.142. The summed E-state index contributed by atoms with van der Waals surface area (Å²) in [5.74, 6) is 0.282. The standard InChI is InChI=1S/C16H17NO3S/c1-16(2,15(18)19)13-9-21-14(17-13)11-7-10-5-3-4-6-12(10)20-8-11/h3-6,9,11H,7-8H2,1-2H3,(H,18,19). The van der Waals surface area contributed by atoms with Crippen molar-refractivity contribution in [3.63, 3.8) is 0 Å². The molecule has 3 rings (SSSR count). The summed E-state index contributed by atoms with van der Waals surface area (Å²) in [5.41, 5.74) is 0.846. The van der Waals surface area contributed by atoms with Crippen molar-refractivity contribution in [3.8, 4) is 5.75 Å². The highest BCUT2D eigenvalue weighted by Crippen LogP contribution is 2.35. The zero-order valence-corrected chi connectivity index (χ0v) is 12.8. The minimum absolute atomic E-state index is 0.197. The van der Waals surface area contributed by atoms with E-state index in [1.165, 1.54) is 16.9 Å². The molecule has 4 nitrogen and oxygen atoms in total. The molecule has 1 aromatic heterocycles. The molecule has 2 aromatic rings. The number of carboxylic acids is 1. The lowest BCUT2D eigenvalue weighted by Gasteiger charge is -2.24. The second-order valence-corrected chi connectivity index (χ2v) is 6.71. The van der Waals surface area contributed by atoms with Crippen LogP contribution < -0.4 is 4.74 Å². The molecule has 0 amide bonds. The molecule has 0 aliphatic carbocycles. The quantitative estimate of drug-likeness (QED) is 0.945. The SMILES string of the molecule is CC(C)(C(=O)O)c1csc(C2COc3ccccc3C2)n1. The molecule has 1 N–H and O–H groups in total. The van der Waals surface area contributed by atoms with Crippen molar-refractivity contribution in [2.24, 2.45) is 0 Å². The fourth-order valence-corrected chi connectivity index (χ4v) is 3.43. The van der Waals surface area contributed by atoms with Gasteiger partial charge in [-0.25, -0.2) is 4.98 Å². The number of benzene rings is 1. The maximum absolute atomic E-state index is 11.3. The number of hydrogen-bond acceptors (Lipinski definition) is 4. The van der Waals surface area contributed by atoms with Crippen LogP contribution in [-0.4, -0.2) is 22.7 Å². The topological polar surface area (TPSA) is 59.4 Å². The van der Waals surface area contributed by atoms with E-state index in [2.05, 4.69) is 11.1 Å². The van der Waals surface area contributed by atoms with Crippen molar-refractivity contribution >= 4 is 17.3 Å². The number of para-hydroxylation sites is 1. The van der Waals surface area contributed by atoms with Crippen LogP contribution in [0.1, 0.15) is 36.0 Å². The molecule has 0 spiro atoms. The second kappa shape index (κ2) is 5.15. The Morgan fingerprint density at radius 2 is 2.19 bits per heavy atom. The third-order valence-corrected chi connectivity index (χ3v) is 4.93. The fourth-order valence-electron chi connectivity index (χ4n) is 2.36. The number of aromatic nitrogens is 1. The molecule has 0 radical (unpaired) electrons. The number of aliphatic carboxylic acids is 1. The van der Waals surface area contributed by atoms with E-state index in [1.54, 1.807) is 13.8 Å². The molecule has 21 heavy (non-hydrogen) atoms. The molecule has 0 saturated carbocycles. The monoisotopic (exact) mass is 303 g/mol. The van der Waals surface area contributed by atoms with Gasteiger partial charge in [-0.1, -0.05) is 18.2 Å². The molecule has 5 heteroatoms. The third kappa shape index (κ3) is 2.53. The Kier molecular flexibility index (Phi) is 3.45. The van der Waals surface area contributed by atoms with Gasteiger partial charge in [0.2, 0.25) is 0 Å². The summed E-state index contributed by atoms with van der Waals surface area (Å²) < 4.78 is 5.78. The van der Waals surface area contributed by atoms with Gasteiger partial charge in [-0.2, -0.15) is 0 Å². The molecular weight excluding hydrogens is 286 g/mol. The summed E-state index contributed by atoms with van der Waals surface area (Å²) in [4.78, 5) is 15.9. The summed E-state index contributed by atoms with van der Waals surface area (Å²) in [6.45, 7) is 3.96. The first-order chi connectivity index (χ1) is 9.98. The van der Waals surface area contributed by atoms with Gasteiger partial charge in [-0.15, -0.1) is 11.3 Å². The molecule has 1 unspecified atom stereocenters. The van der Waals surface area contributed by atoms with Crippen LogP contribution in [0, 0.1) is 0 Å². The molecule has 0 bridgehead atoms. The van der Waals surface area contributed by atoms with E-state index in [-0.39, 0.29) is 5.92 Å². The average molecular weight is 303 g/mol. The van der Waals surface area contributed by atoms with Crippen molar-refractivity contribution in [1.29, 1.82) is 0 Å². The van der Waals surface area contributed by atoms with Gasteiger partial charge in [0, 0.05) is 11.3 Å². The first-order valence-corrected chi connectivity index (χ1v) is 7.76. The first-order valence-electron chi connectivity index (χ1n) is 6.88. The van der Waals surface area contributed by atoms with Gasteiger partial charge >= 0.3 is 5.97 Å². The Bertz CT molecular complexity index is 678. The van der Waals surface area contributed by atoms with E-state index in [4.69, 9.17) is 4.74 Å². The molecule has 2 heterocycles. The predicted molar refractivity (Wildman–Crippen MR) is 81.2 cm³/mol. The lowest BCUT2D eigenvalue weighted by atomic mass is 9.90. The van der Waals surface area contributed by atoms with Crippen LogP contribution >= 0.6 is 11.3 Å². The smallest absolute Gasteiger partial charge is 0.315 e. The number of thiazole rings is 1. The van der Waals surface area contributed by atoms with Crippen molar-refractivity contribution in [3.05, 3.63) is 45.9 Å². The molecule has 1 aliphatic rings. The van der Waals surface area contributed by atoms with Crippen LogP contribution in [0.4, 0.5) is 0 Å². The zero-order chi connectivity index (χ0) is 15.0. The summed E-state index contributed by atoms with van der Waals surface area (Å²) in [6, 6.07) is 8.02. The largest absolute Gasteiger partial charge is 0.493 e. The number of ether oxygens (including phenoxy) is 1. The molecule has 0 fully saturated rings. The van der Waals surface area contributed by atoms with Gasteiger partial charge in [0.05, 0.1) is 17.3 Å². The Labute approximate surface area is 127 Å². The van der Waals surface area contributed by atoms with Crippen LogP contribution in [0.2, 0.25) is 0 Å². The highest BCUT2D eigenvalue weighted by atomic mass is 32.1. The second-order valence-electron chi connectivity index (χ2n) is 5.82. The maximum Gasteiger partial charge on any atom is 0.315 e. The number of carbonyl (C=O) groups is 1. The Morgan fingerprint density at radius 1 is 1.43 bits per heavy atom. The Balaban J connectivity index is 1.84. The maximum atomic E-state index is 11.3. The van der Waals surface area contributed by atoms with E-state index in [9.17, 15) is 9.90 Å². The van der Waals surface area contributed by atoms with Gasteiger partial charge in [-0.3, -0.25) is 4.79 Å². The van der Waals surface area contributed by atoms with Crippen LogP contribution in [0.3, 0.4) is 0 Å². The van der Waals surface area contributed by atoms with Crippen molar-refractivity contribution < 1.29 is 14.6 Å². The van der Waals surface area contributed by atoms with Crippen LogP contribution in [0.5, 0.6) is 5.75 Å². The number of carboxylic acid groups (broad SMARTS) is 1. The minimum Gasteiger partial charge on any atom is -0.493 e. The van der Waals surface area contributed by atoms with Gasteiger partial charge in [0.1, 0.15) is 11.2 Å². The van der Waals surface area contributed by atoms with Gasteiger partial charge in [0.15, 0.2) is 0 Å². The van der Waals surface area contributed by atoms with Crippen molar-refractivity contribution in [2.45, 2.75) is 31.6 Å². The number of nitrogens with zero attached hydrogens (tertiary/aromatic N) is 1. The first kappa shape index (κ1) is 14.1. The lowest BCUT2D eigenvalue weighted by Crippen LogP contribution is -2.29. The minimum atomic E-state index is -0.956. The molecule has 1 aromatic carbocycles. The number of fused-ring (bicyclic) bond motifs is 1. The Hall–Kier alpha value is -1.88. The fraction of sp³-hybridized carbons (Fsp3) is 0.375.